The van der Waals surface area contributed by atoms with Crippen molar-refractivity contribution in [1.29, 1.82) is 0 Å². The van der Waals surface area contributed by atoms with Crippen LogP contribution in [0.15, 0.2) is 17.2 Å². The Labute approximate surface area is 95.2 Å². The number of aromatic amines is 1. The van der Waals surface area contributed by atoms with Gasteiger partial charge in [0.2, 0.25) is 10.0 Å². The van der Waals surface area contributed by atoms with E-state index in [1.165, 1.54) is 19.4 Å². The first-order valence-electron chi connectivity index (χ1n) is 4.89. The van der Waals surface area contributed by atoms with E-state index in [1.807, 2.05) is 0 Å². The first kappa shape index (κ1) is 13.2. The highest BCUT2D eigenvalue weighted by Gasteiger charge is 2.16. The maximum absolute atomic E-state index is 11.8. The SMILES string of the molecule is COC(C)CNS(=O)(=O)c1c[nH]c(CN)c1. The number of hydrogen-bond donors (Lipinski definition) is 3. The molecule has 1 unspecified atom stereocenters. The molecule has 1 rings (SSSR count). The average Bonchev–Trinajstić information content (AvgIpc) is 2.75. The molecule has 0 bridgehead atoms. The number of rotatable bonds is 6. The summed E-state index contributed by atoms with van der Waals surface area (Å²) in [7, 11) is -1.94. The monoisotopic (exact) mass is 247 g/mol. The summed E-state index contributed by atoms with van der Waals surface area (Å²) in [5.41, 5.74) is 6.06. The van der Waals surface area contributed by atoms with Gasteiger partial charge in [-0.3, -0.25) is 0 Å². The van der Waals surface area contributed by atoms with E-state index in [0.29, 0.717) is 5.69 Å². The molecule has 16 heavy (non-hydrogen) atoms. The zero-order valence-electron chi connectivity index (χ0n) is 9.36. The third kappa shape index (κ3) is 3.31. The zero-order chi connectivity index (χ0) is 12.2. The van der Waals surface area contributed by atoms with Crippen LogP contribution in [0.1, 0.15) is 12.6 Å². The number of ether oxygens (including phenoxy) is 1. The fraction of sp³-hybridized carbons (Fsp3) is 0.556. The van der Waals surface area contributed by atoms with E-state index in [2.05, 4.69) is 9.71 Å². The molecule has 0 amide bonds. The van der Waals surface area contributed by atoms with Gasteiger partial charge in [0.15, 0.2) is 0 Å². The second-order valence-electron chi connectivity index (χ2n) is 3.46. The van der Waals surface area contributed by atoms with Crippen molar-refractivity contribution in [2.75, 3.05) is 13.7 Å². The molecule has 0 aliphatic rings. The lowest BCUT2D eigenvalue weighted by Crippen LogP contribution is -2.31. The molecule has 4 N–H and O–H groups in total. The quantitative estimate of drug-likeness (QED) is 0.647. The zero-order valence-corrected chi connectivity index (χ0v) is 10.2. The number of nitrogens with one attached hydrogen (secondary N) is 2. The number of H-pyrrole nitrogens is 1. The Hall–Kier alpha value is -0.890. The van der Waals surface area contributed by atoms with E-state index in [0.717, 1.165) is 0 Å². The van der Waals surface area contributed by atoms with Crippen LogP contribution in [-0.4, -0.2) is 33.2 Å². The van der Waals surface area contributed by atoms with Gasteiger partial charge in [0, 0.05) is 32.1 Å². The molecule has 0 spiro atoms. The Bertz CT molecular complexity index is 427. The lowest BCUT2D eigenvalue weighted by molar-refractivity contribution is 0.122. The molecule has 0 aliphatic heterocycles. The van der Waals surface area contributed by atoms with Crippen LogP contribution in [0.5, 0.6) is 0 Å². The number of sulfonamides is 1. The largest absolute Gasteiger partial charge is 0.380 e. The Balaban J connectivity index is 2.70. The van der Waals surface area contributed by atoms with E-state index in [4.69, 9.17) is 10.5 Å². The normalized spacial score (nSPS) is 13.9. The standard InChI is InChI=1S/C9H17N3O3S/c1-7(15-2)5-12-16(13,14)9-3-8(4-10)11-6-9/h3,6-7,11-12H,4-5,10H2,1-2H3. The van der Waals surface area contributed by atoms with E-state index in [9.17, 15) is 8.42 Å². The number of methoxy groups -OCH3 is 1. The molecule has 0 aliphatic carbocycles. The lowest BCUT2D eigenvalue weighted by Gasteiger charge is -2.10. The second-order valence-corrected chi connectivity index (χ2v) is 5.23. The van der Waals surface area contributed by atoms with Gasteiger partial charge in [-0.05, 0) is 13.0 Å². The maximum atomic E-state index is 11.8. The predicted molar refractivity (Wildman–Crippen MR) is 60.3 cm³/mol. The average molecular weight is 247 g/mol. The van der Waals surface area contributed by atoms with Crippen LogP contribution in [0.4, 0.5) is 0 Å². The molecule has 1 aromatic heterocycles. The Morgan fingerprint density at radius 1 is 1.62 bits per heavy atom. The van der Waals surface area contributed by atoms with Crippen molar-refractivity contribution in [2.45, 2.75) is 24.5 Å². The van der Waals surface area contributed by atoms with Crippen LogP contribution in [0.3, 0.4) is 0 Å². The van der Waals surface area contributed by atoms with Gasteiger partial charge in [0.1, 0.15) is 0 Å². The maximum Gasteiger partial charge on any atom is 0.242 e. The molecular weight excluding hydrogens is 230 g/mol. The van der Waals surface area contributed by atoms with Crippen molar-refractivity contribution in [1.82, 2.24) is 9.71 Å². The van der Waals surface area contributed by atoms with Gasteiger partial charge >= 0.3 is 0 Å². The van der Waals surface area contributed by atoms with Gasteiger partial charge in [-0.15, -0.1) is 0 Å². The highest BCUT2D eigenvalue weighted by atomic mass is 32.2. The molecule has 7 heteroatoms. The van der Waals surface area contributed by atoms with Crippen molar-refractivity contribution in [2.24, 2.45) is 5.73 Å². The molecule has 0 aromatic carbocycles. The summed E-state index contributed by atoms with van der Waals surface area (Å²) in [6.45, 7) is 2.30. The van der Waals surface area contributed by atoms with Crippen LogP contribution in [0.2, 0.25) is 0 Å². The first-order chi connectivity index (χ1) is 7.49. The van der Waals surface area contributed by atoms with E-state index in [1.54, 1.807) is 6.92 Å². The summed E-state index contributed by atoms with van der Waals surface area (Å²) in [6.07, 6.45) is 1.25. The minimum atomic E-state index is -3.47. The third-order valence-electron chi connectivity index (χ3n) is 2.21. The number of hydrogen-bond acceptors (Lipinski definition) is 4. The molecule has 1 atom stereocenters. The van der Waals surface area contributed by atoms with Gasteiger partial charge in [-0.2, -0.15) is 0 Å². The van der Waals surface area contributed by atoms with Gasteiger partial charge < -0.3 is 15.5 Å². The summed E-state index contributed by atoms with van der Waals surface area (Å²) in [6, 6.07) is 1.51. The smallest absolute Gasteiger partial charge is 0.242 e. The highest BCUT2D eigenvalue weighted by Crippen LogP contribution is 2.09. The fourth-order valence-electron chi connectivity index (χ4n) is 1.09. The van der Waals surface area contributed by atoms with Crippen molar-refractivity contribution >= 4 is 10.0 Å². The summed E-state index contributed by atoms with van der Waals surface area (Å²) < 4.78 is 30.9. The third-order valence-corrected chi connectivity index (χ3v) is 3.61. The summed E-state index contributed by atoms with van der Waals surface area (Å²) in [4.78, 5) is 2.98. The lowest BCUT2D eigenvalue weighted by atomic mass is 10.4. The summed E-state index contributed by atoms with van der Waals surface area (Å²) in [5.74, 6) is 0. The molecule has 1 heterocycles. The molecule has 92 valence electrons. The highest BCUT2D eigenvalue weighted by molar-refractivity contribution is 7.89. The summed E-state index contributed by atoms with van der Waals surface area (Å²) >= 11 is 0. The van der Waals surface area contributed by atoms with Crippen LogP contribution in [0, 0.1) is 0 Å². The molecule has 0 radical (unpaired) electrons. The Kier molecular flexibility index (Phi) is 4.48. The van der Waals surface area contributed by atoms with Crippen LogP contribution in [0.25, 0.3) is 0 Å². The van der Waals surface area contributed by atoms with Gasteiger partial charge in [0.05, 0.1) is 11.0 Å². The Morgan fingerprint density at radius 2 is 2.31 bits per heavy atom. The minimum Gasteiger partial charge on any atom is -0.380 e. The van der Waals surface area contributed by atoms with Crippen molar-refractivity contribution < 1.29 is 13.2 Å². The minimum absolute atomic E-state index is 0.164. The van der Waals surface area contributed by atoms with Gasteiger partial charge in [-0.1, -0.05) is 0 Å². The number of aromatic nitrogens is 1. The molecule has 6 nitrogen and oxygen atoms in total. The number of nitrogens with two attached hydrogens (primary N) is 1. The van der Waals surface area contributed by atoms with E-state index < -0.39 is 10.0 Å². The van der Waals surface area contributed by atoms with Crippen molar-refractivity contribution in [3.8, 4) is 0 Å². The second kappa shape index (κ2) is 5.44. The van der Waals surface area contributed by atoms with E-state index >= 15 is 0 Å². The predicted octanol–water partition coefficient (Wildman–Crippen LogP) is -0.213. The summed E-state index contributed by atoms with van der Waals surface area (Å²) in [5, 5.41) is 0. The molecule has 0 saturated heterocycles. The van der Waals surface area contributed by atoms with Crippen molar-refractivity contribution in [3.05, 3.63) is 18.0 Å². The first-order valence-corrected chi connectivity index (χ1v) is 6.37. The van der Waals surface area contributed by atoms with Crippen LogP contribution < -0.4 is 10.5 Å². The fourth-order valence-corrected chi connectivity index (χ4v) is 2.22. The molecule has 1 aromatic rings. The molecular formula is C9H17N3O3S. The van der Waals surface area contributed by atoms with Crippen molar-refractivity contribution in [3.63, 3.8) is 0 Å². The van der Waals surface area contributed by atoms with Crippen LogP contribution >= 0.6 is 0 Å². The molecule has 0 fully saturated rings. The molecule has 0 saturated carbocycles. The van der Waals surface area contributed by atoms with Gasteiger partial charge in [0.25, 0.3) is 0 Å². The topological polar surface area (TPSA) is 97.2 Å². The van der Waals surface area contributed by atoms with Crippen LogP contribution in [-0.2, 0) is 21.3 Å². The van der Waals surface area contributed by atoms with Gasteiger partial charge in [-0.25, -0.2) is 13.1 Å². The Morgan fingerprint density at radius 3 is 2.81 bits per heavy atom. The van der Waals surface area contributed by atoms with E-state index in [-0.39, 0.29) is 24.1 Å².